The number of cyclic esters (lactones) is 1. The van der Waals surface area contributed by atoms with Crippen molar-refractivity contribution < 1.29 is 32.9 Å². The number of hydrogen-bond donors (Lipinski definition) is 4. The Morgan fingerprint density at radius 1 is 1.16 bits per heavy atom. The Morgan fingerprint density at radius 2 is 1.84 bits per heavy atom. The van der Waals surface area contributed by atoms with Crippen molar-refractivity contribution in [3.8, 4) is 11.5 Å². The molecular weight excluding hydrogens is 510 g/mol. The zero-order chi connectivity index (χ0) is 28.3. The third kappa shape index (κ3) is 6.69. The number of benzene rings is 2. The van der Waals surface area contributed by atoms with Crippen LogP contribution < -0.4 is 19.7 Å². The Hall–Kier alpha value is -3.02. The summed E-state index contributed by atoms with van der Waals surface area (Å²) in [7, 11) is -1.98. The summed E-state index contributed by atoms with van der Waals surface area (Å²) in [6.07, 6.45) is 1.48. The first-order chi connectivity index (χ1) is 17.7. The maximum atomic E-state index is 13.1. The SMILES string of the molecule is CCC1(CC)OC(=O)N(CCC(C)(C)NCC(O)c2ccc(O)c(NS(C)(=O)=O)c2)c2ccc(OC)cc21. The maximum Gasteiger partial charge on any atom is 0.415 e. The smallest absolute Gasteiger partial charge is 0.415 e. The predicted molar refractivity (Wildman–Crippen MR) is 147 cm³/mol. The van der Waals surface area contributed by atoms with Gasteiger partial charge in [0.15, 0.2) is 0 Å². The highest BCUT2D eigenvalue weighted by Crippen LogP contribution is 2.45. The van der Waals surface area contributed by atoms with E-state index in [1.807, 2.05) is 45.9 Å². The normalized spacial score (nSPS) is 16.0. The molecule has 4 N–H and O–H groups in total. The molecular formula is C27H39N3O7S. The molecule has 0 aliphatic carbocycles. The Balaban J connectivity index is 1.71. The van der Waals surface area contributed by atoms with Crippen LogP contribution in [0.4, 0.5) is 16.2 Å². The van der Waals surface area contributed by atoms with Gasteiger partial charge in [-0.25, -0.2) is 13.2 Å². The summed E-state index contributed by atoms with van der Waals surface area (Å²) in [5.74, 6) is 0.467. The lowest BCUT2D eigenvalue weighted by molar-refractivity contribution is -0.00150. The molecule has 0 saturated heterocycles. The molecule has 2 aromatic rings. The highest BCUT2D eigenvalue weighted by Gasteiger charge is 2.43. The molecule has 1 amide bonds. The molecule has 1 aliphatic rings. The van der Waals surface area contributed by atoms with Crippen LogP contribution in [0.3, 0.4) is 0 Å². The summed E-state index contributed by atoms with van der Waals surface area (Å²) in [5.41, 5.74) is 0.991. The fourth-order valence-electron chi connectivity index (χ4n) is 4.62. The highest BCUT2D eigenvalue weighted by molar-refractivity contribution is 7.92. The van der Waals surface area contributed by atoms with Gasteiger partial charge in [0.05, 0.1) is 30.8 Å². The van der Waals surface area contributed by atoms with Gasteiger partial charge in [0.2, 0.25) is 10.0 Å². The Bertz CT molecular complexity index is 1260. The number of phenols is 1. The van der Waals surface area contributed by atoms with E-state index in [-0.39, 0.29) is 18.0 Å². The number of phenolic OH excluding ortho intramolecular Hbond substituents is 1. The summed E-state index contributed by atoms with van der Waals surface area (Å²) < 4.78 is 36.8. The second-order valence-electron chi connectivity index (χ2n) is 10.3. The number of nitrogens with zero attached hydrogens (tertiary/aromatic N) is 1. The van der Waals surface area contributed by atoms with Crippen LogP contribution in [0.5, 0.6) is 11.5 Å². The molecule has 1 heterocycles. The number of anilines is 2. The minimum absolute atomic E-state index is 0.00236. The molecule has 0 fully saturated rings. The molecule has 3 rings (SSSR count). The minimum atomic E-state index is -3.59. The van der Waals surface area contributed by atoms with Crippen LogP contribution >= 0.6 is 0 Å². The fourth-order valence-corrected chi connectivity index (χ4v) is 5.18. The molecule has 0 bridgehead atoms. The van der Waals surface area contributed by atoms with Gasteiger partial charge in [0.1, 0.15) is 17.1 Å². The van der Waals surface area contributed by atoms with E-state index < -0.39 is 33.4 Å². The maximum absolute atomic E-state index is 13.1. The number of aliphatic hydroxyl groups excluding tert-OH is 1. The largest absolute Gasteiger partial charge is 0.506 e. The minimum Gasteiger partial charge on any atom is -0.506 e. The van der Waals surface area contributed by atoms with Crippen molar-refractivity contribution in [2.24, 2.45) is 0 Å². The number of amides is 1. The van der Waals surface area contributed by atoms with Crippen molar-refractivity contribution in [2.75, 3.05) is 36.1 Å². The van der Waals surface area contributed by atoms with E-state index in [0.717, 1.165) is 17.5 Å². The second kappa shape index (κ2) is 11.4. The van der Waals surface area contributed by atoms with Gasteiger partial charge in [-0.3, -0.25) is 9.62 Å². The summed E-state index contributed by atoms with van der Waals surface area (Å²) >= 11 is 0. The Labute approximate surface area is 225 Å². The Morgan fingerprint density at radius 3 is 2.45 bits per heavy atom. The van der Waals surface area contributed by atoms with Crippen molar-refractivity contribution in [1.29, 1.82) is 0 Å². The molecule has 0 spiro atoms. The average molecular weight is 550 g/mol. The lowest BCUT2D eigenvalue weighted by atomic mass is 9.85. The van der Waals surface area contributed by atoms with Crippen molar-refractivity contribution in [3.63, 3.8) is 0 Å². The zero-order valence-electron chi connectivity index (χ0n) is 22.9. The van der Waals surface area contributed by atoms with Gasteiger partial charge >= 0.3 is 6.09 Å². The molecule has 2 aromatic carbocycles. The van der Waals surface area contributed by atoms with Crippen LogP contribution in [-0.4, -0.2) is 56.7 Å². The molecule has 210 valence electrons. The van der Waals surface area contributed by atoms with Crippen LogP contribution in [0, 0.1) is 0 Å². The van der Waals surface area contributed by atoms with E-state index in [2.05, 4.69) is 10.0 Å². The first-order valence-electron chi connectivity index (χ1n) is 12.7. The number of nitrogens with one attached hydrogen (secondary N) is 2. The molecule has 10 nitrogen and oxygen atoms in total. The number of carbonyl (C=O) groups is 1. The van der Waals surface area contributed by atoms with Crippen LogP contribution in [0.1, 0.15) is 64.2 Å². The number of rotatable bonds is 12. The number of ether oxygens (including phenoxy) is 2. The van der Waals surface area contributed by atoms with E-state index in [0.29, 0.717) is 37.1 Å². The van der Waals surface area contributed by atoms with Crippen LogP contribution in [0.2, 0.25) is 0 Å². The number of carbonyl (C=O) groups excluding carboxylic acids is 1. The molecule has 0 saturated carbocycles. The van der Waals surface area contributed by atoms with Crippen LogP contribution in [0.25, 0.3) is 0 Å². The van der Waals surface area contributed by atoms with Crippen molar-refractivity contribution >= 4 is 27.5 Å². The number of aromatic hydroxyl groups is 1. The molecule has 11 heteroatoms. The summed E-state index contributed by atoms with van der Waals surface area (Å²) in [4.78, 5) is 14.8. The van der Waals surface area contributed by atoms with Gasteiger partial charge in [0, 0.05) is 24.2 Å². The standard InChI is InChI=1S/C27H39N3O7S/c1-7-27(8-2)20-16-19(36-5)10-11-22(20)30(25(33)37-27)14-13-26(3,4)28-17-24(32)18-9-12-23(31)21(15-18)29-38(6,34)35/h9-12,15-16,24,28-29,31-32H,7-8,13-14,17H2,1-6H3. The van der Waals surface area contributed by atoms with Gasteiger partial charge in [-0.1, -0.05) is 19.9 Å². The summed E-state index contributed by atoms with van der Waals surface area (Å²) in [5, 5.41) is 24.0. The first-order valence-corrected chi connectivity index (χ1v) is 14.6. The van der Waals surface area contributed by atoms with Gasteiger partial charge in [-0.15, -0.1) is 0 Å². The van der Waals surface area contributed by atoms with E-state index >= 15 is 0 Å². The van der Waals surface area contributed by atoms with E-state index in [9.17, 15) is 23.4 Å². The lowest BCUT2D eigenvalue weighted by Gasteiger charge is -2.42. The van der Waals surface area contributed by atoms with E-state index in [1.54, 1.807) is 12.0 Å². The molecule has 1 unspecified atom stereocenters. The summed E-state index contributed by atoms with van der Waals surface area (Å²) in [6, 6.07) is 9.93. The van der Waals surface area contributed by atoms with Crippen LogP contribution in [-0.2, 0) is 20.4 Å². The number of fused-ring (bicyclic) bond motifs is 1. The highest BCUT2D eigenvalue weighted by atomic mass is 32.2. The molecule has 1 aliphatic heterocycles. The van der Waals surface area contributed by atoms with Gasteiger partial charge in [-0.2, -0.15) is 0 Å². The third-order valence-electron chi connectivity index (χ3n) is 7.07. The number of aliphatic hydroxyl groups is 1. The topological polar surface area (TPSA) is 137 Å². The molecule has 0 aromatic heterocycles. The van der Waals surface area contributed by atoms with Crippen LogP contribution in [0.15, 0.2) is 36.4 Å². The molecule has 38 heavy (non-hydrogen) atoms. The van der Waals surface area contributed by atoms with Crippen molar-refractivity contribution in [1.82, 2.24) is 5.32 Å². The molecule has 1 atom stereocenters. The van der Waals surface area contributed by atoms with Gasteiger partial charge in [-0.05, 0) is 69.0 Å². The van der Waals surface area contributed by atoms with E-state index in [4.69, 9.17) is 9.47 Å². The molecule has 0 radical (unpaired) electrons. The lowest BCUT2D eigenvalue weighted by Crippen LogP contribution is -2.49. The first kappa shape index (κ1) is 29.5. The number of β-amino-alcohol motifs (C(OH)–C–C–N with tert-alkyl or cyclic N) is 1. The van der Waals surface area contributed by atoms with Crippen molar-refractivity contribution in [2.45, 2.75) is 64.2 Å². The number of hydrogen-bond acceptors (Lipinski definition) is 8. The summed E-state index contributed by atoms with van der Waals surface area (Å²) in [6.45, 7) is 8.51. The average Bonchev–Trinajstić information content (AvgIpc) is 2.86. The quantitative estimate of drug-likeness (QED) is 0.289. The fraction of sp³-hybridized carbons (Fsp3) is 0.519. The second-order valence-corrected chi connectivity index (χ2v) is 12.0. The zero-order valence-corrected chi connectivity index (χ0v) is 23.7. The predicted octanol–water partition coefficient (Wildman–Crippen LogP) is 4.24. The van der Waals surface area contributed by atoms with Gasteiger partial charge in [0.25, 0.3) is 0 Å². The van der Waals surface area contributed by atoms with Gasteiger partial charge < -0.3 is 25.0 Å². The van der Waals surface area contributed by atoms with Crippen molar-refractivity contribution in [3.05, 3.63) is 47.5 Å². The third-order valence-corrected chi connectivity index (χ3v) is 7.66. The Kier molecular flexibility index (Phi) is 8.85. The number of sulfonamides is 1. The number of methoxy groups -OCH3 is 1. The van der Waals surface area contributed by atoms with E-state index in [1.165, 1.54) is 18.2 Å². The monoisotopic (exact) mass is 549 g/mol.